The molecular formula is C18H18F3NOS. The quantitative estimate of drug-likeness (QED) is 0.724. The number of benzene rings is 1. The second-order valence-electron chi connectivity index (χ2n) is 6.08. The molecule has 3 rings (SSSR count). The molecule has 1 aromatic heterocycles. The van der Waals surface area contributed by atoms with E-state index in [2.05, 4.69) is 0 Å². The molecule has 1 heterocycles. The van der Waals surface area contributed by atoms with Crippen LogP contribution >= 0.6 is 11.3 Å². The summed E-state index contributed by atoms with van der Waals surface area (Å²) in [6.07, 6.45) is -1.23. The molecule has 0 N–H and O–H groups in total. The van der Waals surface area contributed by atoms with Crippen LogP contribution in [0.5, 0.6) is 0 Å². The molecule has 1 aromatic carbocycles. The molecule has 2 aromatic rings. The zero-order valence-corrected chi connectivity index (χ0v) is 13.9. The van der Waals surface area contributed by atoms with Crippen LogP contribution < -0.4 is 0 Å². The van der Waals surface area contributed by atoms with Crippen molar-refractivity contribution in [2.75, 3.05) is 0 Å². The van der Waals surface area contributed by atoms with Crippen molar-refractivity contribution >= 4 is 17.2 Å². The minimum Gasteiger partial charge on any atom is -0.335 e. The van der Waals surface area contributed by atoms with Crippen molar-refractivity contribution < 1.29 is 18.0 Å². The van der Waals surface area contributed by atoms with Gasteiger partial charge in [0.15, 0.2) is 0 Å². The Morgan fingerprint density at radius 1 is 1.12 bits per heavy atom. The van der Waals surface area contributed by atoms with Crippen LogP contribution in [0.1, 0.15) is 36.0 Å². The van der Waals surface area contributed by atoms with E-state index in [0.29, 0.717) is 19.4 Å². The van der Waals surface area contributed by atoms with E-state index in [1.165, 1.54) is 12.1 Å². The summed E-state index contributed by atoms with van der Waals surface area (Å²) in [4.78, 5) is 14.3. The van der Waals surface area contributed by atoms with Crippen LogP contribution in [0.2, 0.25) is 0 Å². The van der Waals surface area contributed by atoms with Gasteiger partial charge in [-0.15, -0.1) is 0 Å². The van der Waals surface area contributed by atoms with Gasteiger partial charge < -0.3 is 4.90 Å². The van der Waals surface area contributed by atoms with Crippen molar-refractivity contribution in [1.29, 1.82) is 0 Å². The van der Waals surface area contributed by atoms with Gasteiger partial charge >= 0.3 is 6.18 Å². The molecule has 24 heavy (non-hydrogen) atoms. The predicted octanol–water partition coefficient (Wildman–Crippen LogP) is 4.89. The molecule has 6 heteroatoms. The van der Waals surface area contributed by atoms with Crippen LogP contribution in [-0.4, -0.2) is 16.8 Å². The summed E-state index contributed by atoms with van der Waals surface area (Å²) >= 11 is 1.61. The van der Waals surface area contributed by atoms with E-state index in [1.807, 2.05) is 21.7 Å². The molecule has 0 spiro atoms. The number of carbonyl (C=O) groups excluding carboxylic acids is 1. The molecule has 0 saturated heterocycles. The first-order valence-electron chi connectivity index (χ1n) is 7.90. The fraction of sp³-hybridized carbons (Fsp3) is 0.389. The Labute approximate surface area is 142 Å². The molecule has 0 bridgehead atoms. The number of alkyl halides is 3. The Hall–Kier alpha value is -1.82. The van der Waals surface area contributed by atoms with Crippen molar-refractivity contribution in [2.24, 2.45) is 0 Å². The maximum absolute atomic E-state index is 12.6. The summed E-state index contributed by atoms with van der Waals surface area (Å²) < 4.78 is 37.9. The highest BCUT2D eigenvalue weighted by atomic mass is 32.1. The minimum absolute atomic E-state index is 0.0728. The molecule has 0 aliphatic heterocycles. The zero-order valence-electron chi connectivity index (χ0n) is 13.1. The molecule has 1 aliphatic carbocycles. The Bertz CT molecular complexity index is 675. The number of rotatable bonds is 6. The molecule has 128 valence electrons. The number of carbonyl (C=O) groups is 1. The van der Waals surface area contributed by atoms with E-state index in [9.17, 15) is 18.0 Å². The zero-order chi connectivity index (χ0) is 17.2. The van der Waals surface area contributed by atoms with Gasteiger partial charge in [0.1, 0.15) is 0 Å². The largest absolute Gasteiger partial charge is 0.416 e. The number of amides is 1. The van der Waals surface area contributed by atoms with Gasteiger partial charge in [0, 0.05) is 19.0 Å². The third-order valence-corrected chi connectivity index (χ3v) is 4.88. The molecular weight excluding hydrogens is 335 g/mol. The standard InChI is InChI=1S/C18H18F3NOS/c19-18(20,21)15-4-1-13(2-5-15)11-22(16-6-7-16)17(23)8-3-14-9-10-24-12-14/h1-2,4-5,9-10,12,16H,3,6-8,11H2. The third-order valence-electron chi connectivity index (χ3n) is 4.15. The molecule has 0 radical (unpaired) electrons. The Balaban J connectivity index is 1.62. The average molecular weight is 353 g/mol. The van der Waals surface area contributed by atoms with Crippen molar-refractivity contribution in [2.45, 2.75) is 44.4 Å². The number of aryl methyl sites for hydroxylation is 1. The lowest BCUT2D eigenvalue weighted by atomic mass is 10.1. The summed E-state index contributed by atoms with van der Waals surface area (Å²) in [6.45, 7) is 0.380. The number of hydrogen-bond acceptors (Lipinski definition) is 2. The topological polar surface area (TPSA) is 20.3 Å². The lowest BCUT2D eigenvalue weighted by Gasteiger charge is -2.23. The molecule has 0 unspecified atom stereocenters. The van der Waals surface area contributed by atoms with E-state index in [1.54, 1.807) is 11.3 Å². The monoisotopic (exact) mass is 353 g/mol. The van der Waals surface area contributed by atoms with Crippen LogP contribution in [0, 0.1) is 0 Å². The summed E-state index contributed by atoms with van der Waals surface area (Å²) in [7, 11) is 0. The normalized spacial score (nSPS) is 14.6. The van der Waals surface area contributed by atoms with Crippen molar-refractivity contribution in [3.8, 4) is 0 Å². The first-order valence-corrected chi connectivity index (χ1v) is 8.84. The average Bonchev–Trinajstić information content (AvgIpc) is 3.25. The van der Waals surface area contributed by atoms with Gasteiger partial charge in [-0.25, -0.2) is 0 Å². The third kappa shape index (κ3) is 4.38. The van der Waals surface area contributed by atoms with E-state index in [0.717, 1.165) is 36.1 Å². The van der Waals surface area contributed by atoms with Crippen LogP contribution in [0.25, 0.3) is 0 Å². The van der Waals surface area contributed by atoms with E-state index < -0.39 is 11.7 Å². The van der Waals surface area contributed by atoms with E-state index >= 15 is 0 Å². The summed E-state index contributed by atoms with van der Waals surface area (Å²) in [5.74, 6) is 0.0728. The molecule has 1 amide bonds. The number of hydrogen-bond donors (Lipinski definition) is 0. The maximum atomic E-state index is 12.6. The van der Waals surface area contributed by atoms with E-state index in [4.69, 9.17) is 0 Å². The summed E-state index contributed by atoms with van der Waals surface area (Å²) in [5, 5.41) is 4.02. The fourth-order valence-electron chi connectivity index (χ4n) is 2.63. The minimum atomic E-state index is -4.33. The van der Waals surface area contributed by atoms with Gasteiger partial charge in [0.25, 0.3) is 0 Å². The fourth-order valence-corrected chi connectivity index (χ4v) is 3.34. The van der Waals surface area contributed by atoms with Crippen LogP contribution in [0.15, 0.2) is 41.1 Å². The van der Waals surface area contributed by atoms with Crippen LogP contribution in [-0.2, 0) is 23.9 Å². The van der Waals surface area contributed by atoms with Crippen molar-refractivity contribution in [1.82, 2.24) is 4.90 Å². The van der Waals surface area contributed by atoms with Gasteiger partial charge in [0.2, 0.25) is 5.91 Å². The number of thiophene rings is 1. The summed E-state index contributed by atoms with van der Waals surface area (Å²) in [5.41, 5.74) is 1.23. The molecule has 1 fully saturated rings. The molecule has 1 aliphatic rings. The predicted molar refractivity (Wildman–Crippen MR) is 87.7 cm³/mol. The van der Waals surface area contributed by atoms with Gasteiger partial charge in [-0.1, -0.05) is 12.1 Å². The molecule has 1 saturated carbocycles. The second-order valence-corrected chi connectivity index (χ2v) is 6.86. The lowest BCUT2D eigenvalue weighted by Crippen LogP contribution is -2.32. The van der Waals surface area contributed by atoms with Gasteiger partial charge in [-0.2, -0.15) is 24.5 Å². The van der Waals surface area contributed by atoms with Crippen molar-refractivity contribution in [3.05, 3.63) is 57.8 Å². The first kappa shape index (κ1) is 17.0. The van der Waals surface area contributed by atoms with Gasteiger partial charge in [-0.05, 0) is 59.3 Å². The Morgan fingerprint density at radius 2 is 1.83 bits per heavy atom. The van der Waals surface area contributed by atoms with Gasteiger partial charge in [0.05, 0.1) is 5.56 Å². The number of halogens is 3. The molecule has 2 nitrogen and oxygen atoms in total. The highest BCUT2D eigenvalue weighted by Gasteiger charge is 2.33. The highest BCUT2D eigenvalue weighted by molar-refractivity contribution is 7.07. The van der Waals surface area contributed by atoms with Crippen molar-refractivity contribution in [3.63, 3.8) is 0 Å². The Kier molecular flexibility index (Phi) is 4.94. The smallest absolute Gasteiger partial charge is 0.335 e. The summed E-state index contributed by atoms with van der Waals surface area (Å²) in [6, 6.07) is 7.33. The SMILES string of the molecule is O=C(CCc1ccsc1)N(Cc1ccc(C(F)(F)F)cc1)C1CC1. The maximum Gasteiger partial charge on any atom is 0.416 e. The molecule has 0 atom stereocenters. The Morgan fingerprint density at radius 3 is 2.38 bits per heavy atom. The van der Waals surface area contributed by atoms with E-state index in [-0.39, 0.29) is 11.9 Å². The first-order chi connectivity index (χ1) is 11.4. The highest BCUT2D eigenvalue weighted by Crippen LogP contribution is 2.31. The van der Waals surface area contributed by atoms with Crippen LogP contribution in [0.3, 0.4) is 0 Å². The second kappa shape index (κ2) is 6.97. The number of nitrogens with zero attached hydrogens (tertiary/aromatic N) is 1. The van der Waals surface area contributed by atoms with Gasteiger partial charge in [-0.3, -0.25) is 4.79 Å². The van der Waals surface area contributed by atoms with Crippen LogP contribution in [0.4, 0.5) is 13.2 Å². The lowest BCUT2D eigenvalue weighted by molar-refractivity contribution is -0.137.